The molecule has 1 aliphatic heterocycles. The summed E-state index contributed by atoms with van der Waals surface area (Å²) < 4.78 is 7.83. The molecule has 27 heavy (non-hydrogen) atoms. The van der Waals surface area contributed by atoms with Crippen molar-refractivity contribution < 1.29 is 4.74 Å². The lowest BCUT2D eigenvalue weighted by Crippen LogP contribution is -2.47. The Morgan fingerprint density at radius 2 is 1.85 bits per heavy atom. The van der Waals surface area contributed by atoms with Crippen LogP contribution in [0.3, 0.4) is 0 Å². The van der Waals surface area contributed by atoms with Gasteiger partial charge in [0.05, 0.1) is 7.11 Å². The fourth-order valence-electron chi connectivity index (χ4n) is 3.24. The van der Waals surface area contributed by atoms with Gasteiger partial charge in [-0.05, 0) is 31.5 Å². The van der Waals surface area contributed by atoms with E-state index in [0.717, 1.165) is 61.7 Å². The molecule has 0 bridgehead atoms. The van der Waals surface area contributed by atoms with Crippen LogP contribution in [0, 0.1) is 0 Å². The highest BCUT2D eigenvalue weighted by Gasteiger charge is 2.20. The first-order valence-corrected chi connectivity index (χ1v) is 9.19. The first-order valence-electron chi connectivity index (χ1n) is 9.19. The summed E-state index contributed by atoms with van der Waals surface area (Å²) >= 11 is 0. The maximum absolute atomic E-state index is 11.9. The van der Waals surface area contributed by atoms with Gasteiger partial charge in [0, 0.05) is 46.0 Å². The Morgan fingerprint density at radius 1 is 1.11 bits per heavy atom. The average Bonchev–Trinajstić information content (AvgIpc) is 2.71. The summed E-state index contributed by atoms with van der Waals surface area (Å²) in [5.41, 5.74) is -0.737. The highest BCUT2D eigenvalue weighted by atomic mass is 16.5. The van der Waals surface area contributed by atoms with E-state index in [4.69, 9.17) is 4.74 Å². The monoisotopic (exact) mass is 374 g/mol. The molecule has 0 amide bonds. The van der Waals surface area contributed by atoms with E-state index in [0.29, 0.717) is 6.54 Å². The van der Waals surface area contributed by atoms with Gasteiger partial charge in [-0.25, -0.2) is 14.5 Å². The summed E-state index contributed by atoms with van der Waals surface area (Å²) in [5, 5.41) is 3.91. The van der Waals surface area contributed by atoms with E-state index >= 15 is 0 Å². The van der Waals surface area contributed by atoms with Crippen LogP contribution >= 0.6 is 0 Å². The molecule has 146 valence electrons. The molecule has 3 rings (SSSR count). The number of pyridine rings is 1. The molecule has 0 saturated carbocycles. The number of aryl methyl sites for hydroxylation is 1. The van der Waals surface area contributed by atoms with Crippen LogP contribution in [0.15, 0.2) is 34.1 Å². The van der Waals surface area contributed by atoms with Gasteiger partial charge in [0.1, 0.15) is 6.20 Å². The van der Waals surface area contributed by atoms with Crippen molar-refractivity contribution in [1.82, 2.24) is 24.2 Å². The van der Waals surface area contributed by atoms with Crippen molar-refractivity contribution in [2.75, 3.05) is 44.7 Å². The molecule has 0 spiro atoms. The smallest absolute Gasteiger partial charge is 0.347 e. The van der Waals surface area contributed by atoms with Gasteiger partial charge < -0.3 is 9.64 Å². The number of aromatic nitrogens is 4. The van der Waals surface area contributed by atoms with Gasteiger partial charge in [-0.2, -0.15) is 5.10 Å². The highest BCUT2D eigenvalue weighted by Crippen LogP contribution is 2.25. The second-order valence-corrected chi connectivity index (χ2v) is 6.61. The second kappa shape index (κ2) is 8.81. The quantitative estimate of drug-likeness (QED) is 0.628. The van der Waals surface area contributed by atoms with Gasteiger partial charge in [0.15, 0.2) is 11.6 Å². The molecule has 2 aromatic rings. The Bertz CT molecular complexity index is 870. The largest absolute Gasteiger partial charge is 0.493 e. The zero-order valence-electron chi connectivity index (χ0n) is 15.9. The van der Waals surface area contributed by atoms with Crippen molar-refractivity contribution in [3.8, 4) is 5.75 Å². The molecule has 0 radical (unpaired) electrons. The van der Waals surface area contributed by atoms with E-state index in [2.05, 4.69) is 19.9 Å². The highest BCUT2D eigenvalue weighted by molar-refractivity contribution is 5.52. The molecule has 0 N–H and O–H groups in total. The fraction of sp³-hybridized carbons (Fsp3) is 0.556. The third kappa shape index (κ3) is 4.54. The summed E-state index contributed by atoms with van der Waals surface area (Å²) in [6, 6.07) is 3.81. The van der Waals surface area contributed by atoms with E-state index in [9.17, 15) is 9.59 Å². The van der Waals surface area contributed by atoms with Crippen LogP contribution in [-0.4, -0.2) is 64.1 Å². The number of hydrogen-bond donors (Lipinski definition) is 0. The summed E-state index contributed by atoms with van der Waals surface area (Å²) in [7, 11) is 3.14. The Morgan fingerprint density at radius 3 is 2.59 bits per heavy atom. The van der Waals surface area contributed by atoms with E-state index < -0.39 is 0 Å². The maximum Gasteiger partial charge on any atom is 0.347 e. The molecule has 0 aromatic carbocycles. The Labute approximate surface area is 157 Å². The zero-order valence-corrected chi connectivity index (χ0v) is 15.9. The van der Waals surface area contributed by atoms with E-state index in [-0.39, 0.29) is 11.2 Å². The third-order valence-electron chi connectivity index (χ3n) is 4.88. The van der Waals surface area contributed by atoms with Crippen molar-refractivity contribution >= 4 is 5.82 Å². The van der Waals surface area contributed by atoms with Crippen molar-refractivity contribution in [1.29, 1.82) is 0 Å². The van der Waals surface area contributed by atoms with Crippen LogP contribution in [0.5, 0.6) is 5.75 Å². The van der Waals surface area contributed by atoms with Crippen LogP contribution in [0.4, 0.5) is 5.82 Å². The van der Waals surface area contributed by atoms with Crippen LogP contribution in [0.2, 0.25) is 0 Å². The number of ether oxygens (including phenoxy) is 1. The normalized spacial score (nSPS) is 15.1. The summed E-state index contributed by atoms with van der Waals surface area (Å²) in [6.45, 7) is 5.27. The lowest BCUT2D eigenvalue weighted by atomic mass is 10.2. The molecule has 0 unspecified atom stereocenters. The van der Waals surface area contributed by atoms with Gasteiger partial charge in [-0.15, -0.1) is 0 Å². The lowest BCUT2D eigenvalue weighted by molar-refractivity contribution is 0.249. The van der Waals surface area contributed by atoms with Gasteiger partial charge in [0.2, 0.25) is 0 Å². The summed E-state index contributed by atoms with van der Waals surface area (Å²) in [5.74, 6) is 1.71. The summed E-state index contributed by atoms with van der Waals surface area (Å²) in [6.07, 6.45) is 4.80. The molecular formula is C18H26N6O3. The predicted octanol–water partition coefficient (Wildman–Crippen LogP) is -0.0520. The summed E-state index contributed by atoms with van der Waals surface area (Å²) in [4.78, 5) is 32.4. The van der Waals surface area contributed by atoms with E-state index in [1.165, 1.54) is 17.9 Å². The minimum absolute atomic E-state index is 0.361. The zero-order chi connectivity index (χ0) is 19.2. The molecule has 9 heteroatoms. The van der Waals surface area contributed by atoms with Crippen LogP contribution in [0.25, 0.3) is 0 Å². The molecule has 0 atom stereocenters. The predicted molar refractivity (Wildman–Crippen MR) is 102 cm³/mol. The van der Waals surface area contributed by atoms with Crippen LogP contribution in [0.1, 0.15) is 12.8 Å². The van der Waals surface area contributed by atoms with Crippen molar-refractivity contribution in [3.05, 3.63) is 45.4 Å². The number of nitrogens with zero attached hydrogens (tertiary/aromatic N) is 6. The topological polar surface area (TPSA) is 85.5 Å². The van der Waals surface area contributed by atoms with Crippen LogP contribution in [-0.2, 0) is 13.6 Å². The fourth-order valence-corrected chi connectivity index (χ4v) is 3.24. The minimum Gasteiger partial charge on any atom is -0.493 e. The molecule has 9 nitrogen and oxygen atoms in total. The first-order chi connectivity index (χ1) is 13.1. The molecule has 2 aromatic heterocycles. The van der Waals surface area contributed by atoms with Crippen LogP contribution < -0.4 is 20.9 Å². The van der Waals surface area contributed by atoms with E-state index in [1.54, 1.807) is 13.3 Å². The second-order valence-electron chi connectivity index (χ2n) is 6.61. The molecule has 1 saturated heterocycles. The standard InChI is InChI=1S/C18H26N6O3/c1-21-16(25)14-20-24(18(21)26)9-4-3-8-22-10-12-23(13-11-22)17-15(27-2)6-5-7-19-17/h5-7,14H,3-4,8-13H2,1-2H3. The number of hydrogen-bond acceptors (Lipinski definition) is 7. The average molecular weight is 374 g/mol. The molecule has 1 aliphatic rings. The van der Waals surface area contributed by atoms with Gasteiger partial charge in [-0.1, -0.05) is 0 Å². The molecule has 0 aliphatic carbocycles. The molecule has 1 fully saturated rings. The Balaban J connectivity index is 1.43. The number of rotatable bonds is 7. The molecular weight excluding hydrogens is 348 g/mol. The van der Waals surface area contributed by atoms with Crippen molar-refractivity contribution in [2.45, 2.75) is 19.4 Å². The minimum atomic E-state index is -0.376. The van der Waals surface area contributed by atoms with Gasteiger partial charge >= 0.3 is 5.69 Å². The van der Waals surface area contributed by atoms with Crippen molar-refractivity contribution in [3.63, 3.8) is 0 Å². The van der Waals surface area contributed by atoms with Crippen molar-refractivity contribution in [2.24, 2.45) is 7.05 Å². The maximum atomic E-state index is 11.9. The first kappa shape index (κ1) is 19.1. The SMILES string of the molecule is COc1cccnc1N1CCN(CCCCn2ncc(=O)n(C)c2=O)CC1. The third-order valence-corrected chi connectivity index (χ3v) is 4.88. The number of unbranched alkanes of at least 4 members (excludes halogenated alkanes) is 1. The Kier molecular flexibility index (Phi) is 6.23. The number of methoxy groups -OCH3 is 1. The van der Waals surface area contributed by atoms with Gasteiger partial charge in [-0.3, -0.25) is 14.3 Å². The van der Waals surface area contributed by atoms with Gasteiger partial charge in [0.25, 0.3) is 5.56 Å². The Hall–Kier alpha value is -2.68. The molecule has 3 heterocycles. The lowest BCUT2D eigenvalue weighted by Gasteiger charge is -2.35. The number of anilines is 1. The number of piperazine rings is 1. The van der Waals surface area contributed by atoms with E-state index in [1.807, 2.05) is 12.1 Å².